The van der Waals surface area contributed by atoms with E-state index in [-0.39, 0.29) is 23.5 Å². The zero-order valence-electron chi connectivity index (χ0n) is 13.2. The van der Waals surface area contributed by atoms with Gasteiger partial charge >= 0.3 is 0 Å². The van der Waals surface area contributed by atoms with Gasteiger partial charge in [0, 0.05) is 6.04 Å². The fourth-order valence-electron chi connectivity index (χ4n) is 2.04. The van der Waals surface area contributed by atoms with E-state index in [4.69, 9.17) is 10.8 Å². The molecule has 0 amide bonds. The summed E-state index contributed by atoms with van der Waals surface area (Å²) in [6.45, 7) is 13.4. The van der Waals surface area contributed by atoms with Crippen LogP contribution < -0.4 is 5.73 Å². The van der Waals surface area contributed by atoms with E-state index in [1.165, 1.54) is 16.7 Å². The maximum atomic E-state index is 9.13. The molecule has 0 bridgehead atoms. The molecular weight excluding hydrogens is 234 g/mol. The minimum absolute atomic E-state index is 0.0323. The van der Waals surface area contributed by atoms with Crippen molar-refractivity contribution in [3.63, 3.8) is 0 Å². The van der Waals surface area contributed by atoms with Crippen LogP contribution in [0.5, 0.6) is 0 Å². The van der Waals surface area contributed by atoms with Gasteiger partial charge in [-0.2, -0.15) is 0 Å². The lowest BCUT2D eigenvalue weighted by Gasteiger charge is -2.26. The van der Waals surface area contributed by atoms with Gasteiger partial charge in [-0.1, -0.05) is 59.7 Å². The molecule has 0 heterocycles. The maximum absolute atomic E-state index is 9.13. The van der Waals surface area contributed by atoms with E-state index >= 15 is 0 Å². The molecule has 0 fully saturated rings. The molecule has 1 unspecified atom stereocenters. The predicted molar refractivity (Wildman–Crippen MR) is 82.6 cm³/mol. The second-order valence-electron chi connectivity index (χ2n) is 7.57. The molecule has 0 aliphatic rings. The molecule has 2 nitrogen and oxygen atoms in total. The van der Waals surface area contributed by atoms with Gasteiger partial charge in [0.2, 0.25) is 0 Å². The summed E-state index contributed by atoms with van der Waals surface area (Å²) in [6, 6.07) is 6.58. The van der Waals surface area contributed by atoms with E-state index in [2.05, 4.69) is 59.7 Å². The molecule has 0 spiro atoms. The molecule has 0 aliphatic carbocycles. The Bertz CT molecular complexity index is 392. The summed E-state index contributed by atoms with van der Waals surface area (Å²) in [4.78, 5) is 0. The lowest BCUT2D eigenvalue weighted by Crippen LogP contribution is -2.27. The monoisotopic (exact) mass is 263 g/mol. The molecule has 19 heavy (non-hydrogen) atoms. The zero-order chi connectivity index (χ0) is 14.8. The van der Waals surface area contributed by atoms with Crippen LogP contribution in [0, 0.1) is 0 Å². The Morgan fingerprint density at radius 1 is 0.947 bits per heavy atom. The fourth-order valence-corrected chi connectivity index (χ4v) is 2.04. The summed E-state index contributed by atoms with van der Waals surface area (Å²) in [5, 5.41) is 9.13. The van der Waals surface area contributed by atoms with Crippen LogP contribution in [0.1, 0.15) is 58.2 Å². The molecule has 0 saturated carbocycles. The largest absolute Gasteiger partial charge is 0.395 e. The molecular formula is C17H29NO. The number of aliphatic hydroxyl groups is 1. The first kappa shape index (κ1) is 16.2. The van der Waals surface area contributed by atoms with Crippen molar-refractivity contribution in [2.45, 2.75) is 64.8 Å². The van der Waals surface area contributed by atoms with Crippen molar-refractivity contribution in [3.8, 4) is 0 Å². The molecule has 0 radical (unpaired) electrons. The van der Waals surface area contributed by atoms with Gasteiger partial charge in [-0.25, -0.2) is 0 Å². The highest BCUT2D eigenvalue weighted by atomic mass is 16.3. The first-order valence-electron chi connectivity index (χ1n) is 7.05. The van der Waals surface area contributed by atoms with Crippen molar-refractivity contribution >= 4 is 0 Å². The van der Waals surface area contributed by atoms with Crippen LogP contribution >= 0.6 is 0 Å². The number of hydrogen-bond donors (Lipinski definition) is 2. The first-order chi connectivity index (χ1) is 8.54. The minimum atomic E-state index is -0.178. The molecule has 3 N–H and O–H groups in total. The molecule has 0 aromatic heterocycles. The van der Waals surface area contributed by atoms with E-state index < -0.39 is 0 Å². The van der Waals surface area contributed by atoms with Gasteiger partial charge in [-0.05, 0) is 33.9 Å². The van der Waals surface area contributed by atoms with Crippen LogP contribution in [0.15, 0.2) is 18.2 Å². The highest BCUT2D eigenvalue weighted by Gasteiger charge is 2.20. The van der Waals surface area contributed by atoms with Crippen molar-refractivity contribution in [3.05, 3.63) is 34.9 Å². The van der Waals surface area contributed by atoms with E-state index in [1.807, 2.05) is 0 Å². The lowest BCUT2D eigenvalue weighted by atomic mass is 9.79. The van der Waals surface area contributed by atoms with Crippen LogP contribution in [0.3, 0.4) is 0 Å². The average molecular weight is 263 g/mol. The summed E-state index contributed by atoms with van der Waals surface area (Å²) in [5.41, 5.74) is 10.0. The first-order valence-corrected chi connectivity index (χ1v) is 7.05. The standard InChI is InChI=1S/C17H29NO/c1-16(2,3)13-7-12(9-15(18)11-19)8-14(10-13)17(4,5)6/h7-8,10,15,19H,9,11,18H2,1-6H3. The Kier molecular flexibility index (Phi) is 4.81. The highest BCUT2D eigenvalue weighted by molar-refractivity contribution is 5.37. The Labute approximate surface area is 118 Å². The predicted octanol–water partition coefficient (Wildman–Crippen LogP) is 3.14. The molecule has 0 saturated heterocycles. The summed E-state index contributed by atoms with van der Waals surface area (Å²) < 4.78 is 0. The average Bonchev–Trinajstić information content (AvgIpc) is 2.26. The van der Waals surface area contributed by atoms with Gasteiger partial charge in [-0.15, -0.1) is 0 Å². The molecule has 1 rings (SSSR count). The van der Waals surface area contributed by atoms with Gasteiger partial charge < -0.3 is 10.8 Å². The van der Waals surface area contributed by atoms with Crippen LogP contribution in [0.4, 0.5) is 0 Å². The second-order valence-corrected chi connectivity index (χ2v) is 7.57. The van der Waals surface area contributed by atoms with Crippen LogP contribution in [0.25, 0.3) is 0 Å². The fraction of sp³-hybridized carbons (Fsp3) is 0.647. The quantitative estimate of drug-likeness (QED) is 0.880. The van der Waals surface area contributed by atoms with E-state index in [0.29, 0.717) is 0 Å². The topological polar surface area (TPSA) is 46.2 Å². The smallest absolute Gasteiger partial charge is 0.0585 e. The Morgan fingerprint density at radius 2 is 1.37 bits per heavy atom. The van der Waals surface area contributed by atoms with Crippen LogP contribution in [-0.2, 0) is 17.3 Å². The Balaban J connectivity index is 3.25. The van der Waals surface area contributed by atoms with Crippen molar-refractivity contribution in [1.29, 1.82) is 0 Å². The maximum Gasteiger partial charge on any atom is 0.0585 e. The third kappa shape index (κ3) is 4.63. The number of benzene rings is 1. The van der Waals surface area contributed by atoms with E-state index in [1.54, 1.807) is 0 Å². The van der Waals surface area contributed by atoms with Crippen molar-refractivity contribution in [2.24, 2.45) is 5.73 Å². The van der Waals surface area contributed by atoms with E-state index in [0.717, 1.165) is 6.42 Å². The third-order valence-corrected chi connectivity index (χ3v) is 3.46. The van der Waals surface area contributed by atoms with Crippen molar-refractivity contribution in [1.82, 2.24) is 0 Å². The summed E-state index contributed by atoms with van der Waals surface area (Å²) >= 11 is 0. The van der Waals surface area contributed by atoms with Gasteiger partial charge in [0.25, 0.3) is 0 Å². The minimum Gasteiger partial charge on any atom is -0.395 e. The number of rotatable bonds is 3. The van der Waals surface area contributed by atoms with Gasteiger partial charge in [-0.3, -0.25) is 0 Å². The third-order valence-electron chi connectivity index (χ3n) is 3.46. The highest BCUT2D eigenvalue weighted by Crippen LogP contribution is 2.30. The Morgan fingerprint density at radius 3 is 1.68 bits per heavy atom. The number of nitrogens with two attached hydrogens (primary N) is 1. The zero-order valence-corrected chi connectivity index (χ0v) is 13.2. The molecule has 1 atom stereocenters. The van der Waals surface area contributed by atoms with Crippen LogP contribution in [-0.4, -0.2) is 17.8 Å². The molecule has 0 aliphatic heterocycles. The Hall–Kier alpha value is -0.860. The SMILES string of the molecule is CC(C)(C)c1cc(CC(N)CO)cc(C(C)(C)C)c1. The van der Waals surface area contributed by atoms with E-state index in [9.17, 15) is 0 Å². The molecule has 1 aromatic rings. The lowest BCUT2D eigenvalue weighted by molar-refractivity contribution is 0.265. The van der Waals surface area contributed by atoms with Gasteiger partial charge in [0.05, 0.1) is 6.61 Å². The van der Waals surface area contributed by atoms with Gasteiger partial charge in [0.1, 0.15) is 0 Å². The van der Waals surface area contributed by atoms with Gasteiger partial charge in [0.15, 0.2) is 0 Å². The van der Waals surface area contributed by atoms with Crippen molar-refractivity contribution < 1.29 is 5.11 Å². The van der Waals surface area contributed by atoms with Crippen molar-refractivity contribution in [2.75, 3.05) is 6.61 Å². The van der Waals surface area contributed by atoms with Crippen LogP contribution in [0.2, 0.25) is 0 Å². The number of hydrogen-bond acceptors (Lipinski definition) is 2. The summed E-state index contributed by atoms with van der Waals surface area (Å²) in [7, 11) is 0. The normalized spacial score (nSPS) is 14.5. The summed E-state index contributed by atoms with van der Waals surface area (Å²) in [5.74, 6) is 0. The second kappa shape index (κ2) is 5.64. The molecule has 2 heteroatoms. The molecule has 1 aromatic carbocycles. The molecule has 108 valence electrons. The number of aliphatic hydroxyl groups excluding tert-OH is 1. The summed E-state index contributed by atoms with van der Waals surface area (Å²) in [6.07, 6.45) is 0.726.